The smallest absolute Gasteiger partial charge is 0.354 e. The number of pyridine rings is 1. The lowest BCUT2D eigenvalue weighted by Gasteiger charge is -2.25. The van der Waals surface area contributed by atoms with E-state index in [9.17, 15) is 19.5 Å². The maximum absolute atomic E-state index is 13.3. The molecule has 1 aliphatic rings. The van der Waals surface area contributed by atoms with Crippen LogP contribution in [0.25, 0.3) is 5.76 Å². The third-order valence-corrected chi connectivity index (χ3v) is 6.11. The molecule has 1 amide bonds. The van der Waals surface area contributed by atoms with Crippen molar-refractivity contribution in [3.05, 3.63) is 88.0 Å². The molecule has 1 atom stereocenters. The molecule has 9 heteroatoms. The number of benzene rings is 1. The molecule has 4 rings (SSSR count). The lowest BCUT2D eigenvalue weighted by Crippen LogP contribution is -2.29. The summed E-state index contributed by atoms with van der Waals surface area (Å²) in [4.78, 5) is 47.1. The van der Waals surface area contributed by atoms with E-state index in [4.69, 9.17) is 9.47 Å². The van der Waals surface area contributed by atoms with Gasteiger partial charge in [-0.25, -0.2) is 4.79 Å². The summed E-state index contributed by atoms with van der Waals surface area (Å²) in [5, 5.41) is 11.4. The van der Waals surface area contributed by atoms with Crippen LogP contribution in [0.5, 0.6) is 5.75 Å². The Morgan fingerprint density at radius 2 is 1.86 bits per heavy atom. The van der Waals surface area contributed by atoms with Gasteiger partial charge in [-0.3, -0.25) is 14.6 Å². The van der Waals surface area contributed by atoms with E-state index < -0.39 is 23.7 Å². The van der Waals surface area contributed by atoms with Gasteiger partial charge >= 0.3 is 5.97 Å². The average Bonchev–Trinajstić information content (AvgIpc) is 3.31. The summed E-state index contributed by atoms with van der Waals surface area (Å²) < 4.78 is 10.1. The van der Waals surface area contributed by atoms with Gasteiger partial charge < -0.3 is 24.5 Å². The molecule has 2 N–H and O–H groups in total. The highest BCUT2D eigenvalue weighted by molar-refractivity contribution is 6.46. The topological polar surface area (TPSA) is 122 Å². The highest BCUT2D eigenvalue weighted by atomic mass is 16.5. The second kappa shape index (κ2) is 9.46. The fraction of sp³-hybridized carbons (Fsp3) is 0.231. The molecule has 180 valence electrons. The number of aromatic nitrogens is 2. The summed E-state index contributed by atoms with van der Waals surface area (Å²) in [6.45, 7) is 3.42. The van der Waals surface area contributed by atoms with Crippen molar-refractivity contribution in [2.24, 2.45) is 0 Å². The number of hydrogen-bond donors (Lipinski definition) is 2. The number of esters is 1. The second-order valence-corrected chi connectivity index (χ2v) is 8.18. The first kappa shape index (κ1) is 23.7. The number of rotatable bonds is 6. The van der Waals surface area contributed by atoms with Crippen molar-refractivity contribution in [3.63, 3.8) is 0 Å². The number of nitrogens with zero attached hydrogens (tertiary/aromatic N) is 2. The highest BCUT2D eigenvalue weighted by Crippen LogP contribution is 2.42. The summed E-state index contributed by atoms with van der Waals surface area (Å²) in [5.41, 5.74) is 2.61. The number of hydrogen-bond acceptors (Lipinski definition) is 7. The lowest BCUT2D eigenvalue weighted by atomic mass is 9.94. The molecule has 0 radical (unpaired) electrons. The van der Waals surface area contributed by atoms with Crippen molar-refractivity contribution >= 4 is 23.4 Å². The molecule has 0 spiro atoms. The van der Waals surface area contributed by atoms with Gasteiger partial charge in [-0.1, -0.05) is 18.2 Å². The number of ether oxygens (including phenoxy) is 2. The van der Waals surface area contributed by atoms with Gasteiger partial charge in [0.25, 0.3) is 11.7 Å². The van der Waals surface area contributed by atoms with Crippen molar-refractivity contribution in [1.29, 1.82) is 0 Å². The number of nitrogens with one attached hydrogen (secondary N) is 1. The zero-order valence-corrected chi connectivity index (χ0v) is 19.8. The van der Waals surface area contributed by atoms with Gasteiger partial charge in [0.2, 0.25) is 0 Å². The third kappa shape index (κ3) is 4.16. The minimum absolute atomic E-state index is 0.0642. The number of aliphatic hydroxyl groups is 1. The number of amides is 1. The Kier molecular flexibility index (Phi) is 6.42. The zero-order chi connectivity index (χ0) is 25.3. The highest BCUT2D eigenvalue weighted by Gasteiger charge is 2.46. The molecule has 1 saturated heterocycles. The molecule has 0 bridgehead atoms. The van der Waals surface area contributed by atoms with Crippen LogP contribution in [0.15, 0.2) is 54.4 Å². The fourth-order valence-corrected chi connectivity index (χ4v) is 4.41. The van der Waals surface area contributed by atoms with Crippen LogP contribution in [0.1, 0.15) is 44.5 Å². The van der Waals surface area contributed by atoms with Gasteiger partial charge in [-0.05, 0) is 48.7 Å². The molecule has 0 unspecified atom stereocenters. The zero-order valence-electron chi connectivity index (χ0n) is 19.8. The van der Waals surface area contributed by atoms with Crippen LogP contribution < -0.4 is 4.74 Å². The molecule has 3 heterocycles. The van der Waals surface area contributed by atoms with Crippen LogP contribution in [-0.2, 0) is 20.9 Å². The van der Waals surface area contributed by atoms with Gasteiger partial charge in [-0.2, -0.15) is 0 Å². The van der Waals surface area contributed by atoms with Gasteiger partial charge in [-0.15, -0.1) is 0 Å². The molecule has 35 heavy (non-hydrogen) atoms. The molecule has 9 nitrogen and oxygen atoms in total. The number of carbonyl (C=O) groups excluding carboxylic acids is 3. The van der Waals surface area contributed by atoms with Crippen LogP contribution in [0, 0.1) is 13.8 Å². The molecule has 1 aromatic carbocycles. The summed E-state index contributed by atoms with van der Waals surface area (Å²) in [5.74, 6) is -1.91. The molecule has 1 fully saturated rings. The largest absolute Gasteiger partial charge is 0.507 e. The van der Waals surface area contributed by atoms with E-state index in [1.807, 2.05) is 0 Å². The van der Waals surface area contributed by atoms with Crippen LogP contribution in [-0.4, -0.2) is 51.9 Å². The van der Waals surface area contributed by atoms with E-state index in [1.165, 1.54) is 12.0 Å². The quantitative estimate of drug-likeness (QED) is 0.242. The van der Waals surface area contributed by atoms with E-state index in [1.54, 1.807) is 69.7 Å². The van der Waals surface area contributed by atoms with Crippen molar-refractivity contribution in [2.75, 3.05) is 14.2 Å². The van der Waals surface area contributed by atoms with Crippen molar-refractivity contribution < 1.29 is 29.0 Å². The van der Waals surface area contributed by atoms with Crippen molar-refractivity contribution in [3.8, 4) is 5.75 Å². The molecule has 0 aliphatic carbocycles. The first-order valence-corrected chi connectivity index (χ1v) is 10.9. The molecule has 0 saturated carbocycles. The van der Waals surface area contributed by atoms with E-state index in [0.29, 0.717) is 22.6 Å². The van der Waals surface area contributed by atoms with E-state index >= 15 is 0 Å². The standard InChI is InChI=1S/C26H25N3O6/c1-14-19(15(2)28-21(14)26(33)35-4)23(30)20-22(17-7-9-18(34-3)10-8-17)29(25(32)24(20)31)13-16-6-5-11-27-12-16/h5-12,22,28,30H,13H2,1-4H3/b23-20+/t22-/m1/s1. The number of aromatic amines is 1. The Hall–Kier alpha value is -4.40. The average molecular weight is 476 g/mol. The number of ketones is 1. The fourth-order valence-electron chi connectivity index (χ4n) is 4.41. The molecule has 1 aliphatic heterocycles. The minimum Gasteiger partial charge on any atom is -0.507 e. The number of likely N-dealkylation sites (tertiary alicyclic amines) is 1. The van der Waals surface area contributed by atoms with E-state index in [0.717, 1.165) is 5.56 Å². The Balaban J connectivity index is 1.90. The normalized spacial score (nSPS) is 17.0. The number of H-pyrrole nitrogens is 1. The van der Waals surface area contributed by atoms with E-state index in [-0.39, 0.29) is 29.1 Å². The number of aryl methyl sites for hydroxylation is 1. The van der Waals surface area contributed by atoms with Gasteiger partial charge in [0, 0.05) is 30.2 Å². The molecular formula is C26H25N3O6. The number of Topliss-reactive ketones (excluding diaryl/α,β-unsaturated/α-hetero) is 1. The van der Waals surface area contributed by atoms with Crippen LogP contribution in [0.4, 0.5) is 0 Å². The number of aliphatic hydroxyl groups excluding tert-OH is 1. The summed E-state index contributed by atoms with van der Waals surface area (Å²) in [7, 11) is 2.80. The Morgan fingerprint density at radius 3 is 2.46 bits per heavy atom. The van der Waals surface area contributed by atoms with Gasteiger partial charge in [0.05, 0.1) is 25.8 Å². The predicted octanol–water partition coefficient (Wildman–Crippen LogP) is 3.44. The Bertz CT molecular complexity index is 1330. The van der Waals surface area contributed by atoms with Gasteiger partial charge in [0.15, 0.2) is 0 Å². The van der Waals surface area contributed by atoms with E-state index in [2.05, 4.69) is 9.97 Å². The van der Waals surface area contributed by atoms with Crippen LogP contribution in [0.2, 0.25) is 0 Å². The molecule has 2 aromatic heterocycles. The number of methoxy groups -OCH3 is 2. The Morgan fingerprint density at radius 1 is 1.14 bits per heavy atom. The van der Waals surface area contributed by atoms with Gasteiger partial charge in [0.1, 0.15) is 17.2 Å². The minimum atomic E-state index is -0.864. The monoisotopic (exact) mass is 475 g/mol. The molecule has 3 aromatic rings. The van der Waals surface area contributed by atoms with Crippen molar-refractivity contribution in [2.45, 2.75) is 26.4 Å². The maximum Gasteiger partial charge on any atom is 0.354 e. The summed E-state index contributed by atoms with van der Waals surface area (Å²) in [6, 6.07) is 9.63. The first-order valence-electron chi connectivity index (χ1n) is 10.9. The second-order valence-electron chi connectivity index (χ2n) is 8.18. The summed E-state index contributed by atoms with van der Waals surface area (Å²) in [6.07, 6.45) is 3.24. The molecular weight excluding hydrogens is 450 g/mol. The van der Waals surface area contributed by atoms with Crippen molar-refractivity contribution in [1.82, 2.24) is 14.9 Å². The van der Waals surface area contributed by atoms with Crippen LogP contribution >= 0.6 is 0 Å². The lowest BCUT2D eigenvalue weighted by molar-refractivity contribution is -0.140. The first-order chi connectivity index (χ1) is 16.8. The Labute approximate surface area is 202 Å². The SMILES string of the molecule is COC(=O)c1[nH]c(C)c(/C(O)=C2\C(=O)C(=O)N(Cc3cccnc3)[C@@H]2c2ccc(OC)cc2)c1C. The predicted molar refractivity (Wildman–Crippen MR) is 127 cm³/mol. The summed E-state index contributed by atoms with van der Waals surface area (Å²) >= 11 is 0. The maximum atomic E-state index is 13.3. The number of carbonyl (C=O) groups is 3. The third-order valence-electron chi connectivity index (χ3n) is 6.11. The van der Waals surface area contributed by atoms with Crippen LogP contribution in [0.3, 0.4) is 0 Å².